The average molecular weight is 542 g/mol. The van der Waals surface area contributed by atoms with Crippen molar-refractivity contribution in [3.05, 3.63) is 35.4 Å². The Kier molecular flexibility index (Phi) is 10.9. The number of halogens is 4. The van der Waals surface area contributed by atoms with E-state index in [-0.39, 0.29) is 42.5 Å². The van der Waals surface area contributed by atoms with Crippen molar-refractivity contribution in [2.24, 2.45) is 4.99 Å². The molecule has 2 atom stereocenters. The van der Waals surface area contributed by atoms with Crippen LogP contribution in [0.25, 0.3) is 0 Å². The second-order valence-electron chi connectivity index (χ2n) is 7.31. The zero-order valence-electron chi connectivity index (χ0n) is 17.5. The SMILES string of the molecule is CC(NC(=NCC(=O)N(C)C)NCC1CCCCO1)c1cccc(C(F)(F)F)c1.I. The van der Waals surface area contributed by atoms with Crippen LogP contribution in [0.5, 0.6) is 0 Å². The predicted octanol–water partition coefficient (Wildman–Crippen LogP) is 3.58. The van der Waals surface area contributed by atoms with Gasteiger partial charge in [-0.25, -0.2) is 4.99 Å². The van der Waals surface area contributed by atoms with E-state index in [0.29, 0.717) is 24.7 Å². The zero-order chi connectivity index (χ0) is 21.4. The molecule has 170 valence electrons. The van der Waals surface area contributed by atoms with Crippen LogP contribution in [0.2, 0.25) is 0 Å². The highest BCUT2D eigenvalue weighted by molar-refractivity contribution is 14.0. The molecule has 30 heavy (non-hydrogen) atoms. The second-order valence-corrected chi connectivity index (χ2v) is 7.31. The number of amides is 1. The summed E-state index contributed by atoms with van der Waals surface area (Å²) in [5.74, 6) is 0.186. The number of ether oxygens (including phenoxy) is 1. The molecule has 0 aromatic heterocycles. The van der Waals surface area contributed by atoms with Crippen molar-refractivity contribution in [2.45, 2.75) is 44.5 Å². The molecule has 1 heterocycles. The first-order valence-electron chi connectivity index (χ1n) is 9.70. The van der Waals surface area contributed by atoms with Crippen LogP contribution >= 0.6 is 24.0 Å². The number of hydrogen-bond acceptors (Lipinski definition) is 3. The number of carbonyl (C=O) groups excluding carboxylic acids is 1. The molecule has 2 N–H and O–H groups in total. The molecule has 0 spiro atoms. The molecule has 0 saturated carbocycles. The average Bonchev–Trinajstić information content (AvgIpc) is 2.69. The summed E-state index contributed by atoms with van der Waals surface area (Å²) >= 11 is 0. The van der Waals surface area contributed by atoms with Crippen molar-refractivity contribution >= 4 is 35.8 Å². The summed E-state index contributed by atoms with van der Waals surface area (Å²) < 4.78 is 44.7. The maximum atomic E-state index is 13.0. The molecule has 1 fully saturated rings. The summed E-state index contributed by atoms with van der Waals surface area (Å²) in [5, 5.41) is 6.24. The molecule has 2 rings (SSSR count). The van der Waals surface area contributed by atoms with Crippen LogP contribution < -0.4 is 10.6 Å². The molecule has 1 aliphatic heterocycles. The van der Waals surface area contributed by atoms with Crippen molar-refractivity contribution in [3.8, 4) is 0 Å². The number of nitrogens with one attached hydrogen (secondary N) is 2. The van der Waals surface area contributed by atoms with E-state index >= 15 is 0 Å². The van der Waals surface area contributed by atoms with Crippen molar-refractivity contribution < 1.29 is 22.7 Å². The van der Waals surface area contributed by atoms with Crippen molar-refractivity contribution in [2.75, 3.05) is 33.8 Å². The Balaban J connectivity index is 0.00000450. The first-order chi connectivity index (χ1) is 13.7. The number of aliphatic imine (C=N–C) groups is 1. The zero-order valence-corrected chi connectivity index (χ0v) is 19.8. The third-order valence-corrected chi connectivity index (χ3v) is 4.71. The van der Waals surface area contributed by atoms with Gasteiger partial charge in [0.15, 0.2) is 5.96 Å². The topological polar surface area (TPSA) is 66.0 Å². The minimum Gasteiger partial charge on any atom is -0.376 e. The highest BCUT2D eigenvalue weighted by atomic mass is 127. The highest BCUT2D eigenvalue weighted by Gasteiger charge is 2.30. The Morgan fingerprint density at radius 1 is 1.33 bits per heavy atom. The maximum Gasteiger partial charge on any atom is 0.416 e. The Hall–Kier alpha value is -1.56. The Labute approximate surface area is 192 Å². The summed E-state index contributed by atoms with van der Waals surface area (Å²) in [7, 11) is 3.28. The third kappa shape index (κ3) is 8.66. The van der Waals surface area contributed by atoms with Gasteiger partial charge in [-0.1, -0.05) is 12.1 Å². The molecule has 1 aromatic rings. The van der Waals surface area contributed by atoms with E-state index in [2.05, 4.69) is 15.6 Å². The van der Waals surface area contributed by atoms with Gasteiger partial charge in [0.1, 0.15) is 6.54 Å². The highest BCUT2D eigenvalue weighted by Crippen LogP contribution is 2.30. The fraction of sp³-hybridized carbons (Fsp3) is 0.600. The summed E-state index contributed by atoms with van der Waals surface area (Å²) in [6.07, 6.45) is -1.29. The van der Waals surface area contributed by atoms with Crippen molar-refractivity contribution in [1.29, 1.82) is 0 Å². The van der Waals surface area contributed by atoms with Crippen LogP contribution in [-0.2, 0) is 15.7 Å². The molecule has 0 radical (unpaired) electrons. The predicted molar refractivity (Wildman–Crippen MR) is 121 cm³/mol. The van der Waals surface area contributed by atoms with Crippen LogP contribution in [0, 0.1) is 0 Å². The molecule has 0 aliphatic carbocycles. The molecule has 1 aliphatic rings. The fourth-order valence-corrected chi connectivity index (χ4v) is 2.89. The van der Waals surface area contributed by atoms with E-state index in [9.17, 15) is 18.0 Å². The van der Waals surface area contributed by atoms with Crippen molar-refractivity contribution in [3.63, 3.8) is 0 Å². The lowest BCUT2D eigenvalue weighted by atomic mass is 10.1. The molecular weight excluding hydrogens is 512 g/mol. The number of alkyl halides is 3. The number of nitrogens with zero attached hydrogens (tertiary/aromatic N) is 2. The monoisotopic (exact) mass is 542 g/mol. The van der Waals surface area contributed by atoms with E-state index in [0.717, 1.165) is 31.4 Å². The Morgan fingerprint density at radius 2 is 2.07 bits per heavy atom. The smallest absolute Gasteiger partial charge is 0.376 e. The van der Waals surface area contributed by atoms with Crippen LogP contribution in [0.3, 0.4) is 0 Å². The molecule has 1 amide bonds. The van der Waals surface area contributed by atoms with Gasteiger partial charge in [-0.05, 0) is 43.9 Å². The number of carbonyl (C=O) groups is 1. The van der Waals surface area contributed by atoms with Crippen LogP contribution in [0.15, 0.2) is 29.3 Å². The minimum absolute atomic E-state index is 0. The quantitative estimate of drug-likeness (QED) is 0.328. The van der Waals surface area contributed by atoms with Gasteiger partial charge in [-0.3, -0.25) is 4.79 Å². The summed E-state index contributed by atoms with van der Waals surface area (Å²) in [6.45, 7) is 2.91. The van der Waals surface area contributed by atoms with Crippen LogP contribution in [0.1, 0.15) is 43.4 Å². The summed E-state index contributed by atoms with van der Waals surface area (Å²) in [5.41, 5.74) is -0.226. The molecule has 0 bridgehead atoms. The van der Waals surface area contributed by atoms with Gasteiger partial charge in [0.25, 0.3) is 0 Å². The maximum absolute atomic E-state index is 13.0. The van der Waals surface area contributed by atoms with Gasteiger partial charge in [-0.15, -0.1) is 24.0 Å². The van der Waals surface area contributed by atoms with E-state index < -0.39 is 17.8 Å². The van der Waals surface area contributed by atoms with E-state index in [1.165, 1.54) is 11.0 Å². The standard InChI is InChI=1S/C20H29F3N4O2.HI/c1-14(15-7-6-8-16(11-15)20(21,22)23)26-19(25-13-18(28)27(2)3)24-12-17-9-4-5-10-29-17;/h6-8,11,14,17H,4-5,9-10,12-13H2,1-3H3,(H2,24,25,26);1H. The largest absolute Gasteiger partial charge is 0.416 e. The molecule has 6 nitrogen and oxygen atoms in total. The number of rotatable bonds is 6. The van der Waals surface area contributed by atoms with Gasteiger partial charge in [0.05, 0.1) is 17.7 Å². The number of benzene rings is 1. The van der Waals surface area contributed by atoms with E-state index in [1.807, 2.05) is 0 Å². The second kappa shape index (κ2) is 12.3. The van der Waals surface area contributed by atoms with Gasteiger partial charge < -0.3 is 20.3 Å². The van der Waals surface area contributed by atoms with Crippen LogP contribution in [0.4, 0.5) is 13.2 Å². The van der Waals surface area contributed by atoms with Crippen molar-refractivity contribution in [1.82, 2.24) is 15.5 Å². The number of likely N-dealkylation sites (N-methyl/N-ethyl adjacent to an activating group) is 1. The summed E-state index contributed by atoms with van der Waals surface area (Å²) in [6, 6.07) is 4.72. The van der Waals surface area contributed by atoms with Gasteiger partial charge in [-0.2, -0.15) is 13.2 Å². The Morgan fingerprint density at radius 3 is 2.67 bits per heavy atom. The van der Waals surface area contributed by atoms with Gasteiger partial charge in [0, 0.05) is 27.2 Å². The molecule has 10 heteroatoms. The van der Waals surface area contributed by atoms with Gasteiger partial charge in [0.2, 0.25) is 5.91 Å². The van der Waals surface area contributed by atoms with E-state index in [1.54, 1.807) is 27.1 Å². The first kappa shape index (κ1) is 26.5. The lowest BCUT2D eigenvalue weighted by Gasteiger charge is -2.25. The van der Waals surface area contributed by atoms with E-state index in [4.69, 9.17) is 4.74 Å². The van der Waals surface area contributed by atoms with Crippen LogP contribution in [-0.4, -0.2) is 56.7 Å². The fourth-order valence-electron chi connectivity index (χ4n) is 2.89. The summed E-state index contributed by atoms with van der Waals surface area (Å²) in [4.78, 5) is 17.6. The normalized spacial score (nSPS) is 18.2. The molecule has 1 aromatic carbocycles. The minimum atomic E-state index is -4.40. The van der Waals surface area contributed by atoms with Gasteiger partial charge >= 0.3 is 6.18 Å². The first-order valence-corrected chi connectivity index (χ1v) is 9.70. The lowest BCUT2D eigenvalue weighted by molar-refractivity contribution is -0.137. The molecule has 1 saturated heterocycles. The lowest BCUT2D eigenvalue weighted by Crippen LogP contribution is -2.44. The third-order valence-electron chi connectivity index (χ3n) is 4.71. The number of hydrogen-bond donors (Lipinski definition) is 2. The number of guanidine groups is 1. The molecule has 2 unspecified atom stereocenters. The molecular formula is C20H30F3IN4O2. The Bertz CT molecular complexity index is 708.